The summed E-state index contributed by atoms with van der Waals surface area (Å²) in [6.45, 7) is 3.18. The Morgan fingerprint density at radius 1 is 1.11 bits per heavy atom. The molecular formula is C21H21NO5S. The third-order valence-electron chi connectivity index (χ3n) is 4.49. The number of para-hydroxylation sites is 1. The van der Waals surface area contributed by atoms with E-state index in [0.717, 1.165) is 16.5 Å². The van der Waals surface area contributed by atoms with Crippen LogP contribution in [0.5, 0.6) is 0 Å². The fraction of sp³-hybridized carbons (Fsp3) is 0.238. The van der Waals surface area contributed by atoms with Gasteiger partial charge in [-0.15, -0.1) is 0 Å². The second kappa shape index (κ2) is 7.98. The zero-order valence-electron chi connectivity index (χ0n) is 15.7. The Hall–Kier alpha value is -2.93. The van der Waals surface area contributed by atoms with E-state index in [2.05, 4.69) is 0 Å². The molecule has 0 aliphatic carbocycles. The van der Waals surface area contributed by atoms with Crippen molar-refractivity contribution in [1.29, 1.82) is 0 Å². The van der Waals surface area contributed by atoms with Gasteiger partial charge < -0.3 is 9.64 Å². The van der Waals surface area contributed by atoms with Crippen LogP contribution in [0.3, 0.4) is 0 Å². The second-order valence-corrected chi connectivity index (χ2v) is 8.65. The molecule has 2 aromatic rings. The van der Waals surface area contributed by atoms with Crippen LogP contribution >= 0.6 is 0 Å². The molecule has 1 aliphatic rings. The number of carbonyl (C=O) groups is 2. The van der Waals surface area contributed by atoms with Gasteiger partial charge in [0, 0.05) is 11.1 Å². The van der Waals surface area contributed by atoms with Gasteiger partial charge in [0.15, 0.2) is 16.4 Å². The van der Waals surface area contributed by atoms with Gasteiger partial charge in [0.2, 0.25) is 0 Å². The highest BCUT2D eigenvalue weighted by Gasteiger charge is 2.31. The number of sulfone groups is 1. The van der Waals surface area contributed by atoms with Gasteiger partial charge in [0.1, 0.15) is 0 Å². The summed E-state index contributed by atoms with van der Waals surface area (Å²) >= 11 is 0. The standard InChI is InChI=1S/C21H21NO5S/c1-15-8-9-16(2)19(12-15)21(24)27-13-20(23)22(17-6-4-3-5-7-17)18-10-11-28(25,26)14-18/h3-12,18H,13-14H2,1-2H3/t18-/m1/s1. The van der Waals surface area contributed by atoms with E-state index >= 15 is 0 Å². The van der Waals surface area contributed by atoms with Gasteiger partial charge >= 0.3 is 5.97 Å². The first-order valence-electron chi connectivity index (χ1n) is 8.79. The normalized spacial score (nSPS) is 17.3. The number of amides is 1. The molecule has 1 atom stereocenters. The number of hydrogen-bond acceptors (Lipinski definition) is 5. The van der Waals surface area contributed by atoms with Gasteiger partial charge in [-0.3, -0.25) is 4.79 Å². The first kappa shape index (κ1) is 19.8. The quantitative estimate of drug-likeness (QED) is 0.722. The maximum Gasteiger partial charge on any atom is 0.338 e. The summed E-state index contributed by atoms with van der Waals surface area (Å²) in [6.07, 6.45) is 1.48. The lowest BCUT2D eigenvalue weighted by Gasteiger charge is -2.27. The second-order valence-electron chi connectivity index (χ2n) is 6.72. The van der Waals surface area contributed by atoms with Crippen LogP contribution in [0.25, 0.3) is 0 Å². The Labute approximate surface area is 164 Å². The first-order chi connectivity index (χ1) is 13.3. The van der Waals surface area contributed by atoms with E-state index in [1.807, 2.05) is 19.1 Å². The Bertz CT molecular complexity index is 1030. The Balaban J connectivity index is 1.78. The minimum Gasteiger partial charge on any atom is -0.452 e. The number of anilines is 1. The summed E-state index contributed by atoms with van der Waals surface area (Å²) in [4.78, 5) is 26.6. The molecule has 0 unspecified atom stereocenters. The molecule has 0 saturated heterocycles. The largest absolute Gasteiger partial charge is 0.452 e. The molecule has 0 saturated carbocycles. The summed E-state index contributed by atoms with van der Waals surface area (Å²) in [5.74, 6) is -1.27. The van der Waals surface area contributed by atoms with E-state index in [4.69, 9.17) is 4.74 Å². The van der Waals surface area contributed by atoms with Crippen molar-refractivity contribution in [2.24, 2.45) is 0 Å². The predicted molar refractivity (Wildman–Crippen MR) is 107 cm³/mol. The molecule has 146 valence electrons. The van der Waals surface area contributed by atoms with Gasteiger partial charge in [0.25, 0.3) is 5.91 Å². The topological polar surface area (TPSA) is 80.8 Å². The van der Waals surface area contributed by atoms with Crippen molar-refractivity contribution >= 4 is 27.4 Å². The van der Waals surface area contributed by atoms with Crippen LogP contribution in [-0.2, 0) is 19.4 Å². The van der Waals surface area contributed by atoms with E-state index in [0.29, 0.717) is 11.3 Å². The number of aryl methyl sites for hydroxylation is 2. The van der Waals surface area contributed by atoms with E-state index in [-0.39, 0.29) is 5.75 Å². The molecule has 0 fully saturated rings. The fourth-order valence-corrected chi connectivity index (χ4v) is 4.33. The zero-order chi connectivity index (χ0) is 20.3. The highest BCUT2D eigenvalue weighted by molar-refractivity contribution is 7.94. The number of ether oxygens (including phenoxy) is 1. The zero-order valence-corrected chi connectivity index (χ0v) is 16.5. The predicted octanol–water partition coefficient (Wildman–Crippen LogP) is 2.80. The van der Waals surface area contributed by atoms with Crippen molar-refractivity contribution in [3.8, 4) is 0 Å². The lowest BCUT2D eigenvalue weighted by Crippen LogP contribution is -2.43. The summed E-state index contributed by atoms with van der Waals surface area (Å²) < 4.78 is 28.9. The number of carbonyl (C=O) groups excluding carboxylic acids is 2. The van der Waals surface area contributed by atoms with E-state index in [1.165, 1.54) is 11.0 Å². The molecular weight excluding hydrogens is 378 g/mol. The fourth-order valence-electron chi connectivity index (χ4n) is 3.06. The summed E-state index contributed by atoms with van der Waals surface area (Å²) in [5.41, 5.74) is 2.62. The van der Waals surface area contributed by atoms with Crippen LogP contribution in [0.1, 0.15) is 21.5 Å². The van der Waals surface area contributed by atoms with E-state index < -0.39 is 34.4 Å². The van der Waals surface area contributed by atoms with E-state index in [1.54, 1.807) is 43.3 Å². The molecule has 0 spiro atoms. The lowest BCUT2D eigenvalue weighted by molar-refractivity contribution is -0.121. The third kappa shape index (κ3) is 4.48. The number of rotatable bonds is 5. The SMILES string of the molecule is Cc1ccc(C)c(C(=O)OCC(=O)N(c2ccccc2)[C@@H]2C=CS(=O)(=O)C2)c1. The molecule has 3 rings (SSSR count). The molecule has 0 radical (unpaired) electrons. The van der Waals surface area contributed by atoms with Gasteiger partial charge in [-0.25, -0.2) is 13.2 Å². The Morgan fingerprint density at radius 3 is 2.46 bits per heavy atom. The van der Waals surface area contributed by atoms with Crippen LogP contribution < -0.4 is 4.90 Å². The molecule has 28 heavy (non-hydrogen) atoms. The van der Waals surface area contributed by atoms with Crippen LogP contribution in [-0.4, -0.2) is 38.7 Å². The number of benzene rings is 2. The highest BCUT2D eigenvalue weighted by atomic mass is 32.2. The minimum atomic E-state index is -3.35. The average Bonchev–Trinajstić information content (AvgIpc) is 3.02. The van der Waals surface area contributed by atoms with Crippen molar-refractivity contribution in [3.63, 3.8) is 0 Å². The summed E-state index contributed by atoms with van der Waals surface area (Å²) in [7, 11) is -3.35. The van der Waals surface area contributed by atoms with Gasteiger partial charge in [-0.2, -0.15) is 0 Å². The van der Waals surface area contributed by atoms with Crippen molar-refractivity contribution in [3.05, 3.63) is 76.7 Å². The van der Waals surface area contributed by atoms with Crippen LogP contribution in [0.15, 0.2) is 60.0 Å². The van der Waals surface area contributed by atoms with Crippen LogP contribution in [0, 0.1) is 13.8 Å². The smallest absolute Gasteiger partial charge is 0.338 e. The van der Waals surface area contributed by atoms with Crippen molar-refractivity contribution in [1.82, 2.24) is 0 Å². The molecule has 1 amide bonds. The van der Waals surface area contributed by atoms with Crippen molar-refractivity contribution < 1.29 is 22.7 Å². The monoisotopic (exact) mass is 399 g/mol. The molecule has 0 bridgehead atoms. The third-order valence-corrected chi connectivity index (χ3v) is 5.86. The van der Waals surface area contributed by atoms with Gasteiger partial charge in [-0.1, -0.05) is 35.9 Å². The summed E-state index contributed by atoms with van der Waals surface area (Å²) in [5, 5.41) is 1.11. The highest BCUT2D eigenvalue weighted by Crippen LogP contribution is 2.23. The van der Waals surface area contributed by atoms with E-state index in [9.17, 15) is 18.0 Å². The van der Waals surface area contributed by atoms with Gasteiger partial charge in [0.05, 0.1) is 17.4 Å². The summed E-state index contributed by atoms with van der Waals surface area (Å²) in [6, 6.07) is 13.5. The minimum absolute atomic E-state index is 0.196. The Kier molecular flexibility index (Phi) is 5.65. The number of hydrogen-bond donors (Lipinski definition) is 0. The van der Waals surface area contributed by atoms with Crippen LogP contribution in [0.2, 0.25) is 0 Å². The maximum atomic E-state index is 12.8. The lowest BCUT2D eigenvalue weighted by atomic mass is 10.1. The van der Waals surface area contributed by atoms with Crippen molar-refractivity contribution in [2.75, 3.05) is 17.3 Å². The van der Waals surface area contributed by atoms with Crippen LogP contribution in [0.4, 0.5) is 5.69 Å². The molecule has 1 aliphatic heterocycles. The molecule has 0 N–H and O–H groups in total. The Morgan fingerprint density at radius 2 is 1.82 bits per heavy atom. The number of esters is 1. The molecule has 7 heteroatoms. The van der Waals surface area contributed by atoms with Gasteiger partial charge in [-0.05, 0) is 43.7 Å². The molecule has 0 aromatic heterocycles. The van der Waals surface area contributed by atoms with Crippen molar-refractivity contribution in [2.45, 2.75) is 19.9 Å². The average molecular weight is 399 g/mol. The maximum absolute atomic E-state index is 12.8. The molecule has 1 heterocycles. The first-order valence-corrected chi connectivity index (χ1v) is 10.5. The molecule has 2 aromatic carbocycles. The molecule has 6 nitrogen and oxygen atoms in total. The number of nitrogens with zero attached hydrogens (tertiary/aromatic N) is 1.